The fraction of sp³-hybridized carbons (Fsp3) is 0.154. The molecule has 4 rings (SSSR count). The van der Waals surface area contributed by atoms with Gasteiger partial charge in [0.05, 0.1) is 11.4 Å². The Morgan fingerprint density at radius 2 is 1.29 bits per heavy atom. The van der Waals surface area contributed by atoms with Crippen LogP contribution in [0.1, 0.15) is 26.3 Å². The van der Waals surface area contributed by atoms with Crippen LogP contribution >= 0.6 is 0 Å². The number of aromatic nitrogens is 1. The van der Waals surface area contributed by atoms with Crippen molar-refractivity contribution in [3.05, 3.63) is 103 Å². The van der Waals surface area contributed by atoms with Gasteiger partial charge in [-0.25, -0.2) is 0 Å². The maximum Gasteiger partial charge on any atom is 0.0765 e. The average molecular weight is 367 g/mol. The Kier molecular flexibility index (Phi) is 4.79. The minimum absolute atomic E-state index is 0.150. The number of nitrogens with zero attached hydrogens (tertiary/aromatic N) is 1. The lowest BCUT2D eigenvalue weighted by molar-refractivity contribution is 0.590. The van der Waals surface area contributed by atoms with E-state index < -0.39 is 0 Å². The summed E-state index contributed by atoms with van der Waals surface area (Å²) >= 11 is 0. The van der Waals surface area contributed by atoms with Crippen molar-refractivity contribution >= 4 is 11.4 Å². The highest BCUT2D eigenvalue weighted by Crippen LogP contribution is 2.34. The van der Waals surface area contributed by atoms with E-state index in [-0.39, 0.29) is 5.41 Å². The van der Waals surface area contributed by atoms with Crippen molar-refractivity contribution in [3.63, 3.8) is 0 Å². The second kappa shape index (κ2) is 7.40. The van der Waals surface area contributed by atoms with E-state index in [1.165, 1.54) is 11.1 Å². The van der Waals surface area contributed by atoms with Gasteiger partial charge < -0.3 is 9.88 Å². The van der Waals surface area contributed by atoms with Gasteiger partial charge in [0.25, 0.3) is 0 Å². The van der Waals surface area contributed by atoms with Gasteiger partial charge in [-0.3, -0.25) is 0 Å². The summed E-state index contributed by atoms with van der Waals surface area (Å²) in [6.07, 6.45) is 2.14. The zero-order chi connectivity index (χ0) is 19.6. The van der Waals surface area contributed by atoms with Crippen LogP contribution < -0.4 is 5.32 Å². The van der Waals surface area contributed by atoms with Crippen LogP contribution in [0.2, 0.25) is 0 Å². The summed E-state index contributed by atoms with van der Waals surface area (Å²) < 4.78 is 2.26. The van der Waals surface area contributed by atoms with E-state index in [0.29, 0.717) is 0 Å². The standard InChI is InChI=1S/C26H26N2/c1-26(2,3)21-14-16-23(17-15-21)28-19-18-24(27-22-12-8-5-9-13-22)25(28)20-10-6-4-7-11-20/h4-19,27H,1-3H3. The molecule has 0 aliphatic heterocycles. The average Bonchev–Trinajstić information content (AvgIpc) is 3.12. The first-order chi connectivity index (χ1) is 13.5. The van der Waals surface area contributed by atoms with Gasteiger partial charge in [0.2, 0.25) is 0 Å². The quantitative estimate of drug-likeness (QED) is 0.404. The third-order valence-corrected chi connectivity index (χ3v) is 5.00. The number of anilines is 2. The number of benzene rings is 3. The van der Waals surface area contributed by atoms with Crippen molar-refractivity contribution in [2.45, 2.75) is 26.2 Å². The van der Waals surface area contributed by atoms with Gasteiger partial charge in [0.15, 0.2) is 0 Å². The van der Waals surface area contributed by atoms with E-state index in [2.05, 4.69) is 110 Å². The van der Waals surface area contributed by atoms with Crippen molar-refractivity contribution in [1.82, 2.24) is 4.57 Å². The summed E-state index contributed by atoms with van der Waals surface area (Å²) in [5, 5.41) is 3.58. The SMILES string of the molecule is CC(C)(C)c1ccc(-n2ccc(Nc3ccccc3)c2-c2ccccc2)cc1. The smallest absolute Gasteiger partial charge is 0.0765 e. The first-order valence-corrected chi connectivity index (χ1v) is 9.72. The Balaban J connectivity index is 1.79. The lowest BCUT2D eigenvalue weighted by atomic mass is 9.87. The molecular formula is C26H26N2. The number of para-hydroxylation sites is 1. The van der Waals surface area contributed by atoms with Gasteiger partial charge in [-0.15, -0.1) is 0 Å². The molecule has 0 saturated carbocycles. The van der Waals surface area contributed by atoms with Crippen molar-refractivity contribution in [3.8, 4) is 16.9 Å². The van der Waals surface area contributed by atoms with Crippen molar-refractivity contribution < 1.29 is 0 Å². The largest absolute Gasteiger partial charge is 0.354 e. The van der Waals surface area contributed by atoms with Crippen molar-refractivity contribution in [2.75, 3.05) is 5.32 Å². The minimum atomic E-state index is 0.150. The summed E-state index contributed by atoms with van der Waals surface area (Å²) in [4.78, 5) is 0. The van der Waals surface area contributed by atoms with Crippen LogP contribution in [0.25, 0.3) is 16.9 Å². The second-order valence-corrected chi connectivity index (χ2v) is 8.10. The van der Waals surface area contributed by atoms with Crippen molar-refractivity contribution in [2.24, 2.45) is 0 Å². The van der Waals surface area contributed by atoms with Gasteiger partial charge in [-0.2, -0.15) is 0 Å². The maximum absolute atomic E-state index is 3.58. The molecule has 0 bridgehead atoms. The summed E-state index contributed by atoms with van der Waals surface area (Å²) in [6, 6.07) is 31.9. The molecule has 1 N–H and O–H groups in total. The molecule has 0 radical (unpaired) electrons. The topological polar surface area (TPSA) is 17.0 Å². The molecule has 1 aromatic heterocycles. The Morgan fingerprint density at radius 3 is 1.89 bits per heavy atom. The molecule has 0 unspecified atom stereocenters. The lowest BCUT2D eigenvalue weighted by Gasteiger charge is -2.20. The molecule has 140 valence electrons. The highest BCUT2D eigenvalue weighted by molar-refractivity contribution is 5.80. The molecule has 4 aromatic rings. The molecule has 2 heteroatoms. The molecule has 0 atom stereocenters. The number of hydrogen-bond acceptors (Lipinski definition) is 1. The highest BCUT2D eigenvalue weighted by Gasteiger charge is 2.16. The summed E-state index contributed by atoms with van der Waals surface area (Å²) in [5.74, 6) is 0. The predicted molar refractivity (Wildman–Crippen MR) is 120 cm³/mol. The molecule has 1 heterocycles. The zero-order valence-electron chi connectivity index (χ0n) is 16.7. The van der Waals surface area contributed by atoms with E-state index in [1.807, 2.05) is 18.2 Å². The minimum Gasteiger partial charge on any atom is -0.354 e. The van der Waals surface area contributed by atoms with E-state index in [9.17, 15) is 0 Å². The van der Waals surface area contributed by atoms with Crippen LogP contribution in [0.15, 0.2) is 97.2 Å². The van der Waals surface area contributed by atoms with Crippen LogP contribution in [0.5, 0.6) is 0 Å². The molecule has 0 saturated heterocycles. The molecule has 0 fully saturated rings. The summed E-state index contributed by atoms with van der Waals surface area (Å²) in [6.45, 7) is 6.73. The van der Waals surface area contributed by atoms with Crippen LogP contribution in [0, 0.1) is 0 Å². The van der Waals surface area contributed by atoms with Crippen molar-refractivity contribution in [1.29, 1.82) is 0 Å². The zero-order valence-corrected chi connectivity index (χ0v) is 16.7. The molecule has 2 nitrogen and oxygen atoms in total. The first kappa shape index (κ1) is 18.1. The fourth-order valence-corrected chi connectivity index (χ4v) is 3.44. The van der Waals surface area contributed by atoms with Crippen LogP contribution in [-0.4, -0.2) is 4.57 Å². The third-order valence-electron chi connectivity index (χ3n) is 5.00. The van der Waals surface area contributed by atoms with Gasteiger partial charge in [0.1, 0.15) is 0 Å². The maximum atomic E-state index is 3.58. The Bertz CT molecular complexity index is 1040. The predicted octanol–water partition coefficient (Wildman–Crippen LogP) is 7.19. The number of nitrogens with one attached hydrogen (secondary N) is 1. The highest BCUT2D eigenvalue weighted by atomic mass is 15.0. The monoisotopic (exact) mass is 366 g/mol. The molecule has 0 amide bonds. The molecule has 0 spiro atoms. The summed E-state index contributed by atoms with van der Waals surface area (Å²) in [7, 11) is 0. The summed E-state index contributed by atoms with van der Waals surface area (Å²) in [5.41, 5.74) is 7.18. The van der Waals surface area contributed by atoms with Crippen LogP contribution in [0.4, 0.5) is 11.4 Å². The van der Waals surface area contributed by atoms with E-state index >= 15 is 0 Å². The normalized spacial score (nSPS) is 11.4. The fourth-order valence-electron chi connectivity index (χ4n) is 3.44. The number of hydrogen-bond donors (Lipinski definition) is 1. The Labute approximate surface area is 167 Å². The number of rotatable bonds is 4. The molecular weight excluding hydrogens is 340 g/mol. The van der Waals surface area contributed by atoms with Gasteiger partial charge in [-0.1, -0.05) is 81.4 Å². The Hall–Kier alpha value is -3.26. The molecule has 0 aliphatic rings. The first-order valence-electron chi connectivity index (χ1n) is 9.72. The molecule has 28 heavy (non-hydrogen) atoms. The molecule has 3 aromatic carbocycles. The van der Waals surface area contributed by atoms with E-state index in [4.69, 9.17) is 0 Å². The van der Waals surface area contributed by atoms with E-state index in [1.54, 1.807) is 0 Å². The van der Waals surface area contributed by atoms with Crippen LogP contribution in [0.3, 0.4) is 0 Å². The van der Waals surface area contributed by atoms with Crippen LogP contribution in [-0.2, 0) is 5.41 Å². The lowest BCUT2D eigenvalue weighted by Crippen LogP contribution is -2.10. The van der Waals surface area contributed by atoms with E-state index in [0.717, 1.165) is 22.8 Å². The second-order valence-electron chi connectivity index (χ2n) is 8.10. The molecule has 0 aliphatic carbocycles. The third kappa shape index (κ3) is 3.72. The van der Waals surface area contributed by atoms with Gasteiger partial charge >= 0.3 is 0 Å². The Morgan fingerprint density at radius 1 is 0.679 bits per heavy atom. The van der Waals surface area contributed by atoms with Gasteiger partial charge in [0, 0.05) is 23.1 Å². The van der Waals surface area contributed by atoms with Gasteiger partial charge in [-0.05, 0) is 41.3 Å².